The molecule has 0 spiro atoms. The maximum atomic E-state index is 4.86. The van der Waals surface area contributed by atoms with Crippen molar-refractivity contribution >= 4 is 55.4 Å². The van der Waals surface area contributed by atoms with Gasteiger partial charge in [0.1, 0.15) is 0 Å². The molecule has 12 heavy (non-hydrogen) atoms. The molecule has 1 nitrogen and oxygen atoms in total. The van der Waals surface area contributed by atoms with E-state index in [1.165, 1.54) is 19.3 Å². The molecule has 70 valence electrons. The summed E-state index contributed by atoms with van der Waals surface area (Å²) in [5.74, 6) is 0. The largest absolute Gasteiger partial charge is 3.00 e. The molecule has 0 aliphatic carbocycles. The van der Waals surface area contributed by atoms with Crippen LogP contribution in [0.5, 0.6) is 0 Å². The van der Waals surface area contributed by atoms with E-state index >= 15 is 0 Å². The molecule has 2 radical (unpaired) electrons. The van der Waals surface area contributed by atoms with Crippen molar-refractivity contribution < 1.29 is 24.8 Å². The molecule has 0 bridgehead atoms. The topological polar surface area (TPSA) is 3.24 Å². The van der Waals surface area contributed by atoms with E-state index in [2.05, 4.69) is 4.90 Å². The average Bonchev–Trinajstić information content (AvgIpc) is 1.90. The Hall–Kier alpha value is 1.57. The molecule has 0 unspecified atom stereocenters. The number of piperidine rings is 1. The van der Waals surface area contributed by atoms with Gasteiger partial charge in [-0.3, -0.25) is 0 Å². The summed E-state index contributed by atoms with van der Waals surface area (Å²) in [6.45, 7) is 2.17. The Morgan fingerprint density at radius 1 is 1.08 bits per heavy atom. The minimum absolute atomic E-state index is 0. The molecule has 6 heteroatoms. The zero-order valence-corrected chi connectivity index (χ0v) is 13.1. The van der Waals surface area contributed by atoms with Gasteiger partial charge >= 0.3 is 26.2 Å². The first kappa shape index (κ1) is 19.2. The Kier molecular flexibility index (Phi) is 17.0. The molecule has 1 fully saturated rings. The van der Waals surface area contributed by atoms with Gasteiger partial charge in [0.25, 0.3) is 0 Å². The van der Waals surface area contributed by atoms with Gasteiger partial charge in [-0.05, 0) is 19.3 Å². The van der Waals surface area contributed by atoms with Crippen LogP contribution in [0.1, 0.15) is 19.3 Å². The van der Waals surface area contributed by atoms with Crippen molar-refractivity contribution in [2.24, 2.45) is 0 Å². The number of nitrogens with zero attached hydrogens (tertiary/aromatic N) is 1. The van der Waals surface area contributed by atoms with Crippen LogP contribution in [0.2, 0.25) is 0 Å². The van der Waals surface area contributed by atoms with Gasteiger partial charge in [-0.1, -0.05) is 4.32 Å². The predicted octanol–water partition coefficient (Wildman–Crippen LogP) is -5.07. The SMILES string of the molecule is S=C([S-])N1CCCCC1.[Bi+3].[Cl-].[Cl-]. The fourth-order valence-electron chi connectivity index (χ4n) is 1.08. The molecule has 0 atom stereocenters. The van der Waals surface area contributed by atoms with Gasteiger partial charge in [0.15, 0.2) is 0 Å². The van der Waals surface area contributed by atoms with Gasteiger partial charge in [-0.15, -0.1) is 0 Å². The Morgan fingerprint density at radius 3 is 1.75 bits per heavy atom. The van der Waals surface area contributed by atoms with Crippen LogP contribution in [0, 0.1) is 0 Å². The average molecular weight is 440 g/mol. The third-order valence-corrected chi connectivity index (χ3v) is 2.13. The van der Waals surface area contributed by atoms with Gasteiger partial charge in [0.2, 0.25) is 0 Å². The van der Waals surface area contributed by atoms with Crippen LogP contribution in [0.25, 0.3) is 0 Å². The Morgan fingerprint density at radius 2 is 1.50 bits per heavy atom. The van der Waals surface area contributed by atoms with E-state index in [1.807, 2.05) is 0 Å². The summed E-state index contributed by atoms with van der Waals surface area (Å²) < 4.78 is 0.648. The van der Waals surface area contributed by atoms with E-state index < -0.39 is 0 Å². The van der Waals surface area contributed by atoms with Crippen molar-refractivity contribution in [3.63, 3.8) is 0 Å². The van der Waals surface area contributed by atoms with Crippen molar-refractivity contribution in [3.05, 3.63) is 0 Å². The maximum Gasteiger partial charge on any atom is 3.00 e. The summed E-state index contributed by atoms with van der Waals surface area (Å²) in [5, 5.41) is 0. The van der Waals surface area contributed by atoms with Gasteiger partial charge in [-0.2, -0.15) is 0 Å². The molecule has 1 rings (SSSR count). The third kappa shape index (κ3) is 7.02. The van der Waals surface area contributed by atoms with Crippen LogP contribution < -0.4 is 24.8 Å². The molecule has 0 N–H and O–H groups in total. The fraction of sp³-hybridized carbons (Fsp3) is 0.833. The zero-order chi connectivity index (χ0) is 6.69. The molecule has 0 aromatic rings. The number of rotatable bonds is 0. The Balaban J connectivity index is -0.000000270. The Labute approximate surface area is 116 Å². The first-order chi connectivity index (χ1) is 4.30. The molecular formula is C6H10BiCl2NS2. The van der Waals surface area contributed by atoms with Crippen molar-refractivity contribution in [2.75, 3.05) is 13.1 Å². The van der Waals surface area contributed by atoms with E-state index in [0.717, 1.165) is 13.1 Å². The van der Waals surface area contributed by atoms with E-state index in [0.29, 0.717) is 4.32 Å². The number of halogens is 2. The van der Waals surface area contributed by atoms with Crippen LogP contribution in [0.3, 0.4) is 0 Å². The molecule has 0 saturated carbocycles. The van der Waals surface area contributed by atoms with E-state index in [9.17, 15) is 0 Å². The summed E-state index contributed by atoms with van der Waals surface area (Å²) in [6, 6.07) is 0. The molecule has 1 aliphatic heterocycles. The van der Waals surface area contributed by atoms with Crippen LogP contribution in [-0.2, 0) is 12.6 Å². The van der Waals surface area contributed by atoms with Crippen LogP contribution >= 0.6 is 12.2 Å². The molecule has 1 heterocycles. The second-order valence-corrected chi connectivity index (χ2v) is 3.35. The van der Waals surface area contributed by atoms with Gasteiger partial charge in [-0.25, -0.2) is 0 Å². The van der Waals surface area contributed by atoms with Crippen molar-refractivity contribution in [1.82, 2.24) is 4.90 Å². The second-order valence-electron chi connectivity index (χ2n) is 2.31. The van der Waals surface area contributed by atoms with Crippen molar-refractivity contribution in [1.29, 1.82) is 0 Å². The quantitative estimate of drug-likeness (QED) is 0.211. The van der Waals surface area contributed by atoms with Crippen LogP contribution in [0.15, 0.2) is 0 Å². The van der Waals surface area contributed by atoms with E-state index in [-0.39, 0.29) is 51.0 Å². The Bertz CT molecular complexity index is 120. The van der Waals surface area contributed by atoms with Gasteiger partial charge in [0, 0.05) is 13.1 Å². The smallest absolute Gasteiger partial charge is 1.00 e. The monoisotopic (exact) mass is 439 g/mol. The number of thiocarbonyl (C=S) groups is 1. The molecule has 0 aromatic heterocycles. The van der Waals surface area contributed by atoms with E-state index in [1.54, 1.807) is 0 Å². The number of hydrogen-bond donors (Lipinski definition) is 0. The first-order valence-corrected chi connectivity index (χ1v) is 4.08. The summed E-state index contributed by atoms with van der Waals surface area (Å²) in [7, 11) is 0. The fourth-order valence-corrected chi connectivity index (χ4v) is 1.44. The molecule has 1 saturated heterocycles. The minimum atomic E-state index is 0. The van der Waals surface area contributed by atoms with E-state index in [4.69, 9.17) is 24.8 Å². The molecule has 0 amide bonds. The summed E-state index contributed by atoms with van der Waals surface area (Å²) in [6.07, 6.45) is 3.86. The summed E-state index contributed by atoms with van der Waals surface area (Å²) in [4.78, 5) is 2.11. The first-order valence-electron chi connectivity index (χ1n) is 3.26. The zero-order valence-electron chi connectivity index (χ0n) is 6.50. The predicted molar refractivity (Wildman–Crippen MR) is 51.1 cm³/mol. The van der Waals surface area contributed by atoms with Gasteiger partial charge < -0.3 is 54.6 Å². The number of hydrogen-bond acceptors (Lipinski definition) is 2. The second kappa shape index (κ2) is 10.7. The normalized spacial score (nSPS) is 14.8. The third-order valence-electron chi connectivity index (χ3n) is 1.61. The summed E-state index contributed by atoms with van der Waals surface area (Å²) in [5.41, 5.74) is 0. The molecule has 1 aliphatic rings. The maximum absolute atomic E-state index is 4.86. The number of likely N-dealkylation sites (tertiary alicyclic amines) is 1. The molecular weight excluding hydrogens is 430 g/mol. The summed E-state index contributed by atoms with van der Waals surface area (Å²) >= 11 is 9.71. The van der Waals surface area contributed by atoms with Crippen molar-refractivity contribution in [3.8, 4) is 0 Å². The minimum Gasteiger partial charge on any atom is -1.00 e. The van der Waals surface area contributed by atoms with Crippen molar-refractivity contribution in [2.45, 2.75) is 19.3 Å². The molecule has 0 aromatic carbocycles. The van der Waals surface area contributed by atoms with Crippen LogP contribution in [-0.4, -0.2) is 48.5 Å². The van der Waals surface area contributed by atoms with Crippen LogP contribution in [0.4, 0.5) is 0 Å². The van der Waals surface area contributed by atoms with Gasteiger partial charge in [0.05, 0.1) is 0 Å². The standard InChI is InChI=1S/C6H11NS2.Bi.2ClH/c8-6(9)7-4-2-1-3-5-7;;;/h1-5H2,(H,8,9);;2*1H/q;+3;;/p-3.